The van der Waals surface area contributed by atoms with E-state index in [0.717, 1.165) is 13.1 Å². The minimum atomic E-state index is 0.210. The molecular formula is C17H26N2OS. The minimum Gasteiger partial charge on any atom is -0.351 e. The molecular weight excluding hydrogens is 280 g/mol. The summed E-state index contributed by atoms with van der Waals surface area (Å²) in [4.78, 5) is 15.0. The van der Waals surface area contributed by atoms with Crippen LogP contribution >= 0.6 is 11.3 Å². The first-order valence-electron chi connectivity index (χ1n) is 8.30. The number of thiophene rings is 1. The van der Waals surface area contributed by atoms with E-state index < -0.39 is 0 Å². The molecule has 21 heavy (non-hydrogen) atoms. The van der Waals surface area contributed by atoms with Crippen LogP contribution in [0.2, 0.25) is 0 Å². The Morgan fingerprint density at radius 1 is 1.48 bits per heavy atom. The summed E-state index contributed by atoms with van der Waals surface area (Å²) >= 11 is 1.89. The first-order chi connectivity index (χ1) is 10.2. The average Bonchev–Trinajstić information content (AvgIpc) is 3.07. The lowest BCUT2D eigenvalue weighted by molar-refractivity contribution is -0.122. The van der Waals surface area contributed by atoms with Crippen LogP contribution in [0.4, 0.5) is 0 Å². The van der Waals surface area contributed by atoms with Crippen molar-refractivity contribution in [3.8, 4) is 0 Å². The molecule has 1 aromatic rings. The highest BCUT2D eigenvalue weighted by Gasteiger charge is 2.22. The van der Waals surface area contributed by atoms with Crippen molar-refractivity contribution in [2.75, 3.05) is 13.1 Å². The van der Waals surface area contributed by atoms with Gasteiger partial charge in [0.05, 0.1) is 6.54 Å². The zero-order valence-electron chi connectivity index (χ0n) is 12.9. The van der Waals surface area contributed by atoms with Crippen molar-refractivity contribution in [2.24, 2.45) is 11.8 Å². The van der Waals surface area contributed by atoms with Gasteiger partial charge in [0.15, 0.2) is 0 Å². The van der Waals surface area contributed by atoms with Gasteiger partial charge in [-0.05, 0) is 68.7 Å². The third-order valence-corrected chi connectivity index (χ3v) is 6.14. The topological polar surface area (TPSA) is 41.1 Å². The maximum absolute atomic E-state index is 12.1. The molecule has 0 aromatic carbocycles. The SMILES string of the molecule is CC(CC(=O)NCc1cc2c(s1)CCC2)C1CCCNC1. The average molecular weight is 306 g/mol. The number of hydrogen-bond donors (Lipinski definition) is 2. The largest absolute Gasteiger partial charge is 0.351 e. The van der Waals surface area contributed by atoms with Crippen LogP contribution in [0.5, 0.6) is 0 Å². The molecule has 2 unspecified atom stereocenters. The summed E-state index contributed by atoms with van der Waals surface area (Å²) in [6.45, 7) is 5.15. The number of fused-ring (bicyclic) bond motifs is 1. The quantitative estimate of drug-likeness (QED) is 0.878. The van der Waals surface area contributed by atoms with Crippen molar-refractivity contribution in [1.29, 1.82) is 0 Å². The highest BCUT2D eigenvalue weighted by Crippen LogP contribution is 2.30. The normalized spacial score (nSPS) is 22.8. The molecule has 1 fully saturated rings. The van der Waals surface area contributed by atoms with Crippen LogP contribution in [-0.4, -0.2) is 19.0 Å². The van der Waals surface area contributed by atoms with Crippen LogP contribution in [0.15, 0.2) is 6.07 Å². The first kappa shape index (κ1) is 15.0. The fourth-order valence-corrected chi connectivity index (χ4v) is 4.76. The van der Waals surface area contributed by atoms with Gasteiger partial charge in [0.1, 0.15) is 0 Å². The molecule has 2 N–H and O–H groups in total. The van der Waals surface area contributed by atoms with Crippen LogP contribution in [0.1, 0.15) is 47.9 Å². The Morgan fingerprint density at radius 2 is 2.38 bits per heavy atom. The number of nitrogens with one attached hydrogen (secondary N) is 2. The molecule has 1 amide bonds. The molecule has 2 heterocycles. The summed E-state index contributed by atoms with van der Waals surface area (Å²) in [5, 5.41) is 6.55. The zero-order chi connectivity index (χ0) is 14.7. The van der Waals surface area contributed by atoms with E-state index in [1.807, 2.05) is 11.3 Å². The molecule has 0 saturated carbocycles. The molecule has 3 rings (SSSR count). The molecule has 2 aliphatic rings. The van der Waals surface area contributed by atoms with E-state index in [4.69, 9.17) is 0 Å². The lowest BCUT2D eigenvalue weighted by Crippen LogP contribution is -2.35. The van der Waals surface area contributed by atoms with Crippen LogP contribution < -0.4 is 10.6 Å². The lowest BCUT2D eigenvalue weighted by Gasteiger charge is -2.28. The van der Waals surface area contributed by atoms with E-state index in [9.17, 15) is 4.79 Å². The van der Waals surface area contributed by atoms with E-state index in [2.05, 4.69) is 23.6 Å². The van der Waals surface area contributed by atoms with E-state index in [-0.39, 0.29) is 5.91 Å². The number of amides is 1. The lowest BCUT2D eigenvalue weighted by atomic mass is 9.85. The maximum Gasteiger partial charge on any atom is 0.220 e. The number of carbonyl (C=O) groups is 1. The number of aryl methyl sites for hydroxylation is 2. The van der Waals surface area contributed by atoms with Crippen molar-refractivity contribution in [3.05, 3.63) is 21.4 Å². The van der Waals surface area contributed by atoms with Crippen LogP contribution in [-0.2, 0) is 24.2 Å². The third kappa shape index (κ3) is 3.86. The van der Waals surface area contributed by atoms with Crippen molar-refractivity contribution < 1.29 is 4.79 Å². The Morgan fingerprint density at radius 3 is 3.14 bits per heavy atom. The summed E-state index contributed by atoms with van der Waals surface area (Å²) < 4.78 is 0. The molecule has 0 bridgehead atoms. The Balaban J connectivity index is 1.43. The second kappa shape index (κ2) is 6.93. The molecule has 1 aliphatic carbocycles. The van der Waals surface area contributed by atoms with E-state index in [1.165, 1.54) is 42.5 Å². The van der Waals surface area contributed by atoms with Crippen LogP contribution in [0.3, 0.4) is 0 Å². The summed E-state index contributed by atoms with van der Waals surface area (Å²) in [5.41, 5.74) is 1.52. The minimum absolute atomic E-state index is 0.210. The van der Waals surface area contributed by atoms with Crippen LogP contribution in [0.25, 0.3) is 0 Å². The van der Waals surface area contributed by atoms with Gasteiger partial charge in [-0.2, -0.15) is 0 Å². The van der Waals surface area contributed by atoms with Crippen molar-refractivity contribution in [2.45, 2.75) is 52.0 Å². The molecule has 2 atom stereocenters. The number of hydrogen-bond acceptors (Lipinski definition) is 3. The smallest absolute Gasteiger partial charge is 0.220 e. The van der Waals surface area contributed by atoms with Gasteiger partial charge in [0, 0.05) is 16.2 Å². The second-order valence-electron chi connectivity index (χ2n) is 6.58. The first-order valence-corrected chi connectivity index (χ1v) is 9.12. The van der Waals surface area contributed by atoms with Crippen molar-refractivity contribution >= 4 is 17.2 Å². The van der Waals surface area contributed by atoms with Gasteiger partial charge in [-0.3, -0.25) is 4.79 Å². The second-order valence-corrected chi connectivity index (χ2v) is 7.80. The number of piperidine rings is 1. The standard InChI is InChI=1S/C17H26N2OS/c1-12(14-5-3-7-18-10-14)8-17(20)19-11-15-9-13-4-2-6-16(13)21-15/h9,12,14,18H,2-8,10-11H2,1H3,(H,19,20). The Labute approximate surface area is 131 Å². The van der Waals surface area contributed by atoms with Gasteiger partial charge in [-0.15, -0.1) is 11.3 Å². The fourth-order valence-electron chi connectivity index (χ4n) is 3.56. The predicted octanol–water partition coefficient (Wildman–Crippen LogP) is 2.88. The third-order valence-electron chi connectivity index (χ3n) is 4.90. The predicted molar refractivity (Wildman–Crippen MR) is 87.6 cm³/mol. The Bertz CT molecular complexity index is 469. The fraction of sp³-hybridized carbons (Fsp3) is 0.706. The summed E-state index contributed by atoms with van der Waals surface area (Å²) in [6.07, 6.45) is 6.94. The molecule has 1 aromatic heterocycles. The summed E-state index contributed by atoms with van der Waals surface area (Å²) in [6, 6.07) is 2.29. The van der Waals surface area contributed by atoms with Crippen molar-refractivity contribution in [3.63, 3.8) is 0 Å². The van der Waals surface area contributed by atoms with Gasteiger partial charge in [0.25, 0.3) is 0 Å². The summed E-state index contributed by atoms with van der Waals surface area (Å²) in [5.74, 6) is 1.35. The van der Waals surface area contributed by atoms with Gasteiger partial charge < -0.3 is 10.6 Å². The van der Waals surface area contributed by atoms with Gasteiger partial charge >= 0.3 is 0 Å². The molecule has 4 heteroatoms. The highest BCUT2D eigenvalue weighted by atomic mass is 32.1. The molecule has 116 valence electrons. The molecule has 0 radical (unpaired) electrons. The van der Waals surface area contributed by atoms with E-state index in [1.54, 1.807) is 4.88 Å². The van der Waals surface area contributed by atoms with E-state index >= 15 is 0 Å². The summed E-state index contributed by atoms with van der Waals surface area (Å²) in [7, 11) is 0. The zero-order valence-corrected chi connectivity index (χ0v) is 13.7. The van der Waals surface area contributed by atoms with Gasteiger partial charge in [-0.25, -0.2) is 0 Å². The molecule has 3 nitrogen and oxygen atoms in total. The highest BCUT2D eigenvalue weighted by molar-refractivity contribution is 7.12. The monoisotopic (exact) mass is 306 g/mol. The van der Waals surface area contributed by atoms with Crippen molar-refractivity contribution in [1.82, 2.24) is 10.6 Å². The Kier molecular flexibility index (Phi) is 4.96. The van der Waals surface area contributed by atoms with Gasteiger partial charge in [0.2, 0.25) is 5.91 Å². The Hall–Kier alpha value is -0.870. The molecule has 1 saturated heterocycles. The number of carbonyl (C=O) groups excluding carboxylic acids is 1. The van der Waals surface area contributed by atoms with Gasteiger partial charge in [-0.1, -0.05) is 6.92 Å². The maximum atomic E-state index is 12.1. The molecule has 0 spiro atoms. The molecule has 1 aliphatic heterocycles. The van der Waals surface area contributed by atoms with E-state index in [0.29, 0.717) is 24.8 Å². The number of rotatable bonds is 5. The van der Waals surface area contributed by atoms with Crippen LogP contribution in [0, 0.1) is 11.8 Å².